The second kappa shape index (κ2) is 5.27. The summed E-state index contributed by atoms with van der Waals surface area (Å²) in [6, 6.07) is 3.05. The third-order valence-electron chi connectivity index (χ3n) is 2.22. The van der Waals surface area contributed by atoms with Crippen molar-refractivity contribution >= 4 is 17.4 Å². The lowest BCUT2D eigenvalue weighted by Crippen LogP contribution is -2.15. The molecule has 0 fully saturated rings. The lowest BCUT2D eigenvalue weighted by molar-refractivity contribution is -0.385. The Morgan fingerprint density at radius 2 is 2.12 bits per heavy atom. The summed E-state index contributed by atoms with van der Waals surface area (Å²) >= 11 is 1.40. The number of nitro groups is 1. The monoisotopic (exact) mass is 242 g/mol. The van der Waals surface area contributed by atoms with Crippen LogP contribution >= 0.6 is 11.8 Å². The lowest BCUT2D eigenvalue weighted by atomic mass is 10.3. The van der Waals surface area contributed by atoms with E-state index in [0.29, 0.717) is 10.7 Å². The SMILES string of the molecule is Cc1nc(SC(C)C(C)O)ccc1[N+](=O)[O-]. The van der Waals surface area contributed by atoms with Gasteiger partial charge in [-0.05, 0) is 19.9 Å². The van der Waals surface area contributed by atoms with Gasteiger partial charge in [0.2, 0.25) is 0 Å². The number of hydrogen-bond donors (Lipinski definition) is 1. The van der Waals surface area contributed by atoms with Crippen molar-refractivity contribution in [1.29, 1.82) is 0 Å². The van der Waals surface area contributed by atoms with E-state index in [1.165, 1.54) is 17.8 Å². The number of aliphatic hydroxyl groups is 1. The zero-order valence-corrected chi connectivity index (χ0v) is 10.2. The number of nitrogens with zero attached hydrogens (tertiary/aromatic N) is 2. The van der Waals surface area contributed by atoms with Crippen molar-refractivity contribution in [3.05, 3.63) is 27.9 Å². The van der Waals surface area contributed by atoms with Crippen LogP contribution in [-0.2, 0) is 0 Å². The summed E-state index contributed by atoms with van der Waals surface area (Å²) in [6.07, 6.45) is -0.442. The van der Waals surface area contributed by atoms with E-state index in [-0.39, 0.29) is 10.9 Å². The van der Waals surface area contributed by atoms with Gasteiger partial charge in [0.15, 0.2) is 0 Å². The van der Waals surface area contributed by atoms with Crippen molar-refractivity contribution in [2.75, 3.05) is 0 Å². The van der Waals surface area contributed by atoms with E-state index in [1.54, 1.807) is 19.9 Å². The largest absolute Gasteiger partial charge is 0.392 e. The summed E-state index contributed by atoms with van der Waals surface area (Å²) in [5, 5.41) is 20.6. The van der Waals surface area contributed by atoms with Crippen LogP contribution < -0.4 is 0 Å². The zero-order chi connectivity index (χ0) is 12.3. The highest BCUT2D eigenvalue weighted by Crippen LogP contribution is 2.26. The van der Waals surface area contributed by atoms with E-state index in [2.05, 4.69) is 4.98 Å². The van der Waals surface area contributed by atoms with Crippen molar-refractivity contribution in [3.63, 3.8) is 0 Å². The zero-order valence-electron chi connectivity index (χ0n) is 9.38. The number of aromatic nitrogens is 1. The van der Waals surface area contributed by atoms with E-state index in [9.17, 15) is 15.2 Å². The maximum absolute atomic E-state index is 10.6. The molecule has 5 nitrogen and oxygen atoms in total. The molecule has 0 saturated carbocycles. The fourth-order valence-electron chi connectivity index (χ4n) is 1.08. The molecule has 0 radical (unpaired) electrons. The minimum atomic E-state index is -0.450. The quantitative estimate of drug-likeness (QED) is 0.497. The molecule has 0 saturated heterocycles. The van der Waals surface area contributed by atoms with Crippen LogP contribution in [0.4, 0.5) is 5.69 Å². The van der Waals surface area contributed by atoms with Crippen molar-refractivity contribution in [2.45, 2.75) is 37.2 Å². The van der Waals surface area contributed by atoms with Crippen LogP contribution in [0.2, 0.25) is 0 Å². The first-order valence-electron chi connectivity index (χ1n) is 4.88. The predicted octanol–water partition coefficient (Wildman–Crippen LogP) is 2.16. The molecule has 1 aromatic rings. The molecule has 0 aliphatic rings. The third-order valence-corrected chi connectivity index (χ3v) is 3.45. The maximum Gasteiger partial charge on any atom is 0.290 e. The summed E-state index contributed by atoms with van der Waals surface area (Å²) in [6.45, 7) is 5.19. The molecule has 0 bridgehead atoms. The molecule has 6 heteroatoms. The van der Waals surface area contributed by atoms with Gasteiger partial charge in [0.1, 0.15) is 5.69 Å². The average Bonchev–Trinajstić information content (AvgIpc) is 2.16. The average molecular weight is 242 g/mol. The minimum absolute atomic E-state index is 0.00774. The Balaban J connectivity index is 2.85. The smallest absolute Gasteiger partial charge is 0.290 e. The highest BCUT2D eigenvalue weighted by molar-refractivity contribution is 7.99. The van der Waals surface area contributed by atoms with Gasteiger partial charge in [-0.3, -0.25) is 10.1 Å². The normalized spacial score (nSPS) is 14.5. The Hall–Kier alpha value is -1.14. The Labute approximate surface area is 98.0 Å². The molecule has 2 atom stereocenters. The summed E-state index contributed by atoms with van der Waals surface area (Å²) in [7, 11) is 0. The fraction of sp³-hybridized carbons (Fsp3) is 0.500. The summed E-state index contributed by atoms with van der Waals surface area (Å²) < 4.78 is 0. The number of pyridine rings is 1. The van der Waals surface area contributed by atoms with E-state index < -0.39 is 11.0 Å². The van der Waals surface area contributed by atoms with Gasteiger partial charge in [-0.15, -0.1) is 11.8 Å². The van der Waals surface area contributed by atoms with Crippen LogP contribution in [-0.4, -0.2) is 26.4 Å². The summed E-state index contributed by atoms with van der Waals surface area (Å²) in [5.41, 5.74) is 0.418. The second-order valence-corrected chi connectivity index (χ2v) is 4.97. The molecule has 0 aliphatic carbocycles. The number of rotatable bonds is 4. The summed E-state index contributed by atoms with van der Waals surface area (Å²) in [5.74, 6) is 0. The summed E-state index contributed by atoms with van der Waals surface area (Å²) in [4.78, 5) is 14.3. The molecular weight excluding hydrogens is 228 g/mol. The van der Waals surface area contributed by atoms with Crippen molar-refractivity contribution < 1.29 is 10.0 Å². The van der Waals surface area contributed by atoms with Gasteiger partial charge in [0, 0.05) is 11.3 Å². The topological polar surface area (TPSA) is 76.3 Å². The molecule has 0 aliphatic heterocycles. The molecule has 1 rings (SSSR count). The van der Waals surface area contributed by atoms with E-state index in [1.807, 2.05) is 6.92 Å². The van der Waals surface area contributed by atoms with Crippen LogP contribution in [0.3, 0.4) is 0 Å². The second-order valence-electron chi connectivity index (χ2n) is 3.57. The van der Waals surface area contributed by atoms with E-state index in [4.69, 9.17) is 0 Å². The maximum atomic E-state index is 10.6. The van der Waals surface area contributed by atoms with Crippen LogP contribution in [0.5, 0.6) is 0 Å². The van der Waals surface area contributed by atoms with Crippen LogP contribution in [0, 0.1) is 17.0 Å². The predicted molar refractivity (Wildman–Crippen MR) is 62.6 cm³/mol. The first-order valence-corrected chi connectivity index (χ1v) is 5.76. The Kier molecular flexibility index (Phi) is 4.26. The first-order chi connectivity index (χ1) is 7.41. The number of thioether (sulfide) groups is 1. The van der Waals surface area contributed by atoms with Gasteiger partial charge in [-0.25, -0.2) is 4.98 Å². The Bertz CT molecular complexity index is 396. The first kappa shape index (κ1) is 12.9. The molecule has 1 heterocycles. The van der Waals surface area contributed by atoms with E-state index >= 15 is 0 Å². The number of aliphatic hydroxyl groups excluding tert-OH is 1. The highest BCUT2D eigenvalue weighted by atomic mass is 32.2. The fourth-order valence-corrected chi connectivity index (χ4v) is 1.99. The van der Waals surface area contributed by atoms with Gasteiger partial charge in [-0.2, -0.15) is 0 Å². The van der Waals surface area contributed by atoms with Gasteiger partial charge in [0.05, 0.1) is 16.1 Å². The van der Waals surface area contributed by atoms with Gasteiger partial charge < -0.3 is 5.11 Å². The Morgan fingerprint density at radius 1 is 1.50 bits per heavy atom. The molecule has 0 aromatic carbocycles. The molecule has 16 heavy (non-hydrogen) atoms. The standard InChI is InChI=1S/C10H14N2O3S/c1-6-9(12(14)15)4-5-10(11-6)16-8(3)7(2)13/h4-5,7-8,13H,1-3H3. The van der Waals surface area contributed by atoms with Gasteiger partial charge in [-0.1, -0.05) is 6.92 Å². The van der Waals surface area contributed by atoms with Crippen LogP contribution in [0.25, 0.3) is 0 Å². The Morgan fingerprint density at radius 3 is 2.56 bits per heavy atom. The van der Waals surface area contributed by atoms with Crippen molar-refractivity contribution in [3.8, 4) is 0 Å². The van der Waals surface area contributed by atoms with Crippen molar-refractivity contribution in [1.82, 2.24) is 4.98 Å². The third kappa shape index (κ3) is 3.18. The van der Waals surface area contributed by atoms with Crippen LogP contribution in [0.1, 0.15) is 19.5 Å². The van der Waals surface area contributed by atoms with E-state index in [0.717, 1.165) is 0 Å². The van der Waals surface area contributed by atoms with Crippen LogP contribution in [0.15, 0.2) is 17.2 Å². The molecule has 2 unspecified atom stereocenters. The molecule has 1 aromatic heterocycles. The van der Waals surface area contributed by atoms with Gasteiger partial charge in [0.25, 0.3) is 5.69 Å². The van der Waals surface area contributed by atoms with Crippen molar-refractivity contribution in [2.24, 2.45) is 0 Å². The molecular formula is C10H14N2O3S. The highest BCUT2D eigenvalue weighted by Gasteiger charge is 2.15. The molecule has 88 valence electrons. The molecule has 1 N–H and O–H groups in total. The lowest BCUT2D eigenvalue weighted by Gasteiger charge is -2.13. The minimum Gasteiger partial charge on any atom is -0.392 e. The number of hydrogen-bond acceptors (Lipinski definition) is 5. The number of aryl methyl sites for hydroxylation is 1. The van der Waals surface area contributed by atoms with Gasteiger partial charge >= 0.3 is 0 Å². The molecule has 0 spiro atoms. The molecule has 0 amide bonds.